The van der Waals surface area contributed by atoms with Crippen LogP contribution in [0.5, 0.6) is 11.5 Å². The van der Waals surface area contributed by atoms with Gasteiger partial charge in [0.2, 0.25) is 0 Å². The fourth-order valence-electron chi connectivity index (χ4n) is 3.53. The Morgan fingerprint density at radius 3 is 2.06 bits per heavy atom. The molecule has 2 N–H and O–H groups in total. The van der Waals surface area contributed by atoms with E-state index >= 15 is 0 Å². The maximum atomic E-state index is 11.8. The zero-order valence-electron chi connectivity index (χ0n) is 18.8. The molecule has 0 fully saturated rings. The molecule has 0 amide bonds. The van der Waals surface area contributed by atoms with Gasteiger partial charge in [-0.15, -0.1) is 0 Å². The van der Waals surface area contributed by atoms with Gasteiger partial charge in [0.05, 0.1) is 18.8 Å². The topological polar surface area (TPSA) is 93.1 Å². The number of carbonyl (C=O) groups is 2. The van der Waals surface area contributed by atoms with Crippen LogP contribution >= 0.6 is 0 Å². The molecule has 0 heterocycles. The number of ether oxygens (including phenoxy) is 2. The Kier molecular flexibility index (Phi) is 11.1. The summed E-state index contributed by atoms with van der Waals surface area (Å²) in [6, 6.07) is 13.1. The van der Waals surface area contributed by atoms with E-state index in [-0.39, 0.29) is 22.6 Å². The van der Waals surface area contributed by atoms with Gasteiger partial charge in [-0.25, -0.2) is 9.59 Å². The first kappa shape index (κ1) is 25.2. The van der Waals surface area contributed by atoms with Crippen LogP contribution < -0.4 is 9.47 Å². The molecule has 2 aromatic carbocycles. The van der Waals surface area contributed by atoms with Crippen LogP contribution in [0.4, 0.5) is 0 Å². The van der Waals surface area contributed by atoms with Gasteiger partial charge >= 0.3 is 11.9 Å². The molecule has 6 nitrogen and oxygen atoms in total. The molecule has 0 aromatic heterocycles. The Hall–Kier alpha value is -3.02. The van der Waals surface area contributed by atoms with Crippen molar-refractivity contribution in [3.05, 3.63) is 59.2 Å². The van der Waals surface area contributed by atoms with Gasteiger partial charge in [-0.2, -0.15) is 0 Å². The van der Waals surface area contributed by atoms with Crippen LogP contribution in [0.15, 0.2) is 42.5 Å². The third-order valence-corrected chi connectivity index (χ3v) is 5.27. The van der Waals surface area contributed by atoms with Crippen LogP contribution in [-0.2, 0) is 6.42 Å². The minimum atomic E-state index is -1.34. The Labute approximate surface area is 190 Å². The average molecular weight is 443 g/mol. The summed E-state index contributed by atoms with van der Waals surface area (Å²) >= 11 is 0. The van der Waals surface area contributed by atoms with Gasteiger partial charge in [0, 0.05) is 0 Å². The predicted octanol–water partition coefficient (Wildman–Crippen LogP) is 6.22. The summed E-state index contributed by atoms with van der Waals surface area (Å²) in [5.74, 6) is -2.34. The monoisotopic (exact) mass is 442 g/mol. The van der Waals surface area contributed by atoms with Gasteiger partial charge in [-0.3, -0.25) is 0 Å². The van der Waals surface area contributed by atoms with Gasteiger partial charge in [0.15, 0.2) is 11.5 Å². The van der Waals surface area contributed by atoms with Crippen LogP contribution in [0, 0.1) is 0 Å². The highest BCUT2D eigenvalue weighted by atomic mass is 16.5. The lowest BCUT2D eigenvalue weighted by Crippen LogP contribution is -2.13. The summed E-state index contributed by atoms with van der Waals surface area (Å²) in [4.78, 5) is 23.3. The Bertz CT molecular complexity index is 847. The maximum absolute atomic E-state index is 11.8. The zero-order valence-corrected chi connectivity index (χ0v) is 18.8. The highest BCUT2D eigenvalue weighted by Crippen LogP contribution is 2.34. The molecule has 174 valence electrons. The van der Waals surface area contributed by atoms with Crippen LogP contribution in [0.1, 0.15) is 84.6 Å². The number of carboxylic acid groups (broad SMARTS) is 2. The second kappa shape index (κ2) is 14.1. The number of hydrogen-bond donors (Lipinski definition) is 2. The van der Waals surface area contributed by atoms with Crippen molar-refractivity contribution >= 4 is 11.9 Å². The first-order valence-electron chi connectivity index (χ1n) is 11.5. The van der Waals surface area contributed by atoms with E-state index in [1.165, 1.54) is 17.7 Å². The number of benzene rings is 2. The predicted molar refractivity (Wildman–Crippen MR) is 124 cm³/mol. The number of rotatable bonds is 16. The van der Waals surface area contributed by atoms with E-state index in [1.807, 2.05) is 18.2 Å². The Morgan fingerprint density at radius 1 is 0.750 bits per heavy atom. The molecule has 0 saturated carbocycles. The third-order valence-electron chi connectivity index (χ3n) is 5.27. The first-order chi connectivity index (χ1) is 15.5. The van der Waals surface area contributed by atoms with Crippen LogP contribution in [0.3, 0.4) is 0 Å². The van der Waals surface area contributed by atoms with Gasteiger partial charge in [-0.05, 0) is 43.4 Å². The summed E-state index contributed by atoms with van der Waals surface area (Å²) in [7, 11) is 0. The summed E-state index contributed by atoms with van der Waals surface area (Å²) in [6.07, 6.45) is 8.95. The van der Waals surface area contributed by atoms with Crippen LogP contribution in [0.25, 0.3) is 0 Å². The van der Waals surface area contributed by atoms with E-state index in [0.717, 1.165) is 57.8 Å². The van der Waals surface area contributed by atoms with E-state index < -0.39 is 11.9 Å². The molecular weight excluding hydrogens is 408 g/mol. The third kappa shape index (κ3) is 8.25. The lowest BCUT2D eigenvalue weighted by atomic mass is 10.1. The molecular formula is C26H34O6. The van der Waals surface area contributed by atoms with Crippen LogP contribution in [-0.4, -0.2) is 35.4 Å². The van der Waals surface area contributed by atoms with Gasteiger partial charge in [0.25, 0.3) is 0 Å². The molecule has 0 aliphatic heterocycles. The molecule has 0 saturated heterocycles. The standard InChI is InChI=1S/C26H34O6/c1-2-3-4-11-19-32-24-22(17-16-21(25(27)28)23(24)26(29)30)31-18-12-6-5-8-13-20-14-9-7-10-15-20/h7,9-10,14-17H,2-6,8,11-13,18-19H2,1H3,(H,27,28)(H,29,30). The van der Waals surface area contributed by atoms with Crippen molar-refractivity contribution in [2.75, 3.05) is 13.2 Å². The van der Waals surface area contributed by atoms with E-state index in [4.69, 9.17) is 9.47 Å². The van der Waals surface area contributed by atoms with E-state index in [9.17, 15) is 19.8 Å². The zero-order chi connectivity index (χ0) is 23.2. The summed E-state index contributed by atoms with van der Waals surface area (Å²) in [5, 5.41) is 19.0. The summed E-state index contributed by atoms with van der Waals surface area (Å²) < 4.78 is 11.6. The number of aromatic carboxylic acids is 2. The Morgan fingerprint density at radius 2 is 1.41 bits per heavy atom. The largest absolute Gasteiger partial charge is 0.490 e. The quantitative estimate of drug-likeness (QED) is 0.300. The van der Waals surface area contributed by atoms with E-state index in [0.29, 0.717) is 13.2 Å². The van der Waals surface area contributed by atoms with E-state index in [2.05, 4.69) is 19.1 Å². The molecule has 2 rings (SSSR count). The van der Waals surface area contributed by atoms with Gasteiger partial charge < -0.3 is 19.7 Å². The molecule has 0 radical (unpaired) electrons. The number of aryl methyl sites for hydroxylation is 1. The molecule has 0 atom stereocenters. The molecule has 0 spiro atoms. The first-order valence-corrected chi connectivity index (χ1v) is 11.5. The summed E-state index contributed by atoms with van der Waals surface area (Å²) in [6.45, 7) is 2.84. The second-order valence-electron chi connectivity index (χ2n) is 7.83. The van der Waals surface area contributed by atoms with Gasteiger partial charge in [-0.1, -0.05) is 69.4 Å². The Balaban J connectivity index is 1.92. The molecule has 2 aromatic rings. The SMILES string of the molecule is CCCCCCOc1c(OCCCCCCc2ccccc2)ccc(C(=O)O)c1C(=O)O. The molecule has 0 aliphatic carbocycles. The van der Waals surface area contributed by atoms with Crippen molar-refractivity contribution in [3.8, 4) is 11.5 Å². The van der Waals surface area contributed by atoms with Crippen LogP contribution in [0.2, 0.25) is 0 Å². The minimum absolute atomic E-state index is 0.0120. The molecule has 0 bridgehead atoms. The fraction of sp³-hybridized carbons (Fsp3) is 0.462. The van der Waals surface area contributed by atoms with Crippen molar-refractivity contribution in [3.63, 3.8) is 0 Å². The second-order valence-corrected chi connectivity index (χ2v) is 7.83. The molecule has 32 heavy (non-hydrogen) atoms. The normalized spacial score (nSPS) is 10.7. The fourth-order valence-corrected chi connectivity index (χ4v) is 3.53. The van der Waals surface area contributed by atoms with Crippen molar-refractivity contribution in [2.24, 2.45) is 0 Å². The number of carboxylic acids is 2. The van der Waals surface area contributed by atoms with Gasteiger partial charge in [0.1, 0.15) is 5.56 Å². The highest BCUT2D eigenvalue weighted by Gasteiger charge is 2.25. The lowest BCUT2D eigenvalue weighted by molar-refractivity contribution is 0.0646. The average Bonchev–Trinajstić information content (AvgIpc) is 2.78. The minimum Gasteiger partial charge on any atom is -0.490 e. The lowest BCUT2D eigenvalue weighted by Gasteiger charge is -2.16. The molecule has 6 heteroatoms. The molecule has 0 aliphatic rings. The van der Waals surface area contributed by atoms with Crippen molar-refractivity contribution in [1.82, 2.24) is 0 Å². The number of hydrogen-bond acceptors (Lipinski definition) is 4. The smallest absolute Gasteiger partial charge is 0.340 e. The maximum Gasteiger partial charge on any atom is 0.340 e. The number of unbranched alkanes of at least 4 members (excludes halogenated alkanes) is 6. The summed E-state index contributed by atoms with van der Waals surface area (Å²) in [5.41, 5.74) is 0.687. The highest BCUT2D eigenvalue weighted by molar-refractivity contribution is 6.04. The van der Waals surface area contributed by atoms with E-state index in [1.54, 1.807) is 0 Å². The van der Waals surface area contributed by atoms with Crippen molar-refractivity contribution in [1.29, 1.82) is 0 Å². The molecule has 0 unspecified atom stereocenters. The van der Waals surface area contributed by atoms with Crippen molar-refractivity contribution < 1.29 is 29.3 Å². The van der Waals surface area contributed by atoms with Crippen molar-refractivity contribution in [2.45, 2.75) is 64.7 Å².